The number of aliphatic carboxylic acids is 1. The fourth-order valence-electron chi connectivity index (χ4n) is 3.50. The lowest BCUT2D eigenvalue weighted by atomic mass is 9.80. The Morgan fingerprint density at radius 2 is 2.08 bits per heavy atom. The molecule has 1 amide bonds. The van der Waals surface area contributed by atoms with Crippen molar-refractivity contribution in [1.29, 1.82) is 0 Å². The van der Waals surface area contributed by atoms with Crippen LogP contribution in [0.25, 0.3) is 0 Å². The van der Waals surface area contributed by atoms with Gasteiger partial charge in [-0.3, -0.25) is 9.59 Å². The molecule has 1 N–H and O–H groups in total. The number of piperidine rings is 1. The predicted octanol–water partition coefficient (Wildman–Crippen LogP) is 2.58. The molecule has 1 heterocycles. The number of carbonyl (C=O) groups excluding carboxylic acids is 1. The minimum Gasteiger partial charge on any atom is -0.481 e. The van der Waals surface area contributed by atoms with E-state index in [0.29, 0.717) is 32.2 Å². The Morgan fingerprint density at radius 3 is 2.71 bits per heavy atom. The number of carboxylic acid groups (broad SMARTS) is 1. The number of hydrogen-bond acceptors (Lipinski definition) is 3. The maximum atomic E-state index is 12.6. The topological polar surface area (TPSA) is 66.8 Å². The van der Waals surface area contributed by atoms with Crippen LogP contribution in [0.15, 0.2) is 18.2 Å². The molecule has 0 aromatic heterocycles. The number of carbonyl (C=O) groups is 2. The van der Waals surface area contributed by atoms with Crippen molar-refractivity contribution >= 4 is 11.9 Å². The van der Waals surface area contributed by atoms with Crippen molar-refractivity contribution in [2.45, 2.75) is 39.5 Å². The van der Waals surface area contributed by atoms with Gasteiger partial charge < -0.3 is 14.7 Å². The summed E-state index contributed by atoms with van der Waals surface area (Å²) in [5, 5.41) is 9.57. The highest BCUT2D eigenvalue weighted by Gasteiger charge is 2.43. The molecular weight excluding hydrogens is 306 g/mol. The first kappa shape index (κ1) is 18.5. The van der Waals surface area contributed by atoms with E-state index in [4.69, 9.17) is 4.74 Å². The van der Waals surface area contributed by atoms with Crippen LogP contribution in [0.5, 0.6) is 0 Å². The zero-order valence-electron chi connectivity index (χ0n) is 14.8. The number of aryl methyl sites for hydroxylation is 3. The smallest absolute Gasteiger partial charge is 0.313 e. The van der Waals surface area contributed by atoms with Crippen LogP contribution in [0.4, 0.5) is 0 Å². The minimum atomic E-state index is -0.970. The Morgan fingerprint density at radius 1 is 1.33 bits per heavy atom. The van der Waals surface area contributed by atoms with Crippen LogP contribution in [0, 0.1) is 19.3 Å². The van der Waals surface area contributed by atoms with E-state index < -0.39 is 11.4 Å². The van der Waals surface area contributed by atoms with E-state index in [0.717, 1.165) is 0 Å². The molecule has 1 aromatic carbocycles. The van der Waals surface area contributed by atoms with Crippen LogP contribution >= 0.6 is 0 Å². The summed E-state index contributed by atoms with van der Waals surface area (Å²) in [6.07, 6.45) is 2.35. The third-order valence-corrected chi connectivity index (χ3v) is 4.91. The molecule has 1 unspecified atom stereocenters. The van der Waals surface area contributed by atoms with E-state index in [1.807, 2.05) is 0 Å². The number of likely N-dealkylation sites (tertiary alicyclic amines) is 1. The lowest BCUT2D eigenvalue weighted by molar-refractivity contribution is -0.159. The molecule has 0 bridgehead atoms. The normalized spacial score (nSPS) is 20.9. The van der Waals surface area contributed by atoms with Crippen molar-refractivity contribution in [3.63, 3.8) is 0 Å². The third kappa shape index (κ3) is 4.15. The molecule has 0 aliphatic carbocycles. The van der Waals surface area contributed by atoms with Crippen molar-refractivity contribution in [3.05, 3.63) is 34.9 Å². The van der Waals surface area contributed by atoms with Crippen LogP contribution in [0.2, 0.25) is 0 Å². The lowest BCUT2D eigenvalue weighted by Gasteiger charge is -2.39. The maximum absolute atomic E-state index is 12.6. The summed E-state index contributed by atoms with van der Waals surface area (Å²) in [6.45, 7) is 5.12. The summed E-state index contributed by atoms with van der Waals surface area (Å²) in [4.78, 5) is 25.9. The SMILES string of the molecule is COCC1(C(=O)O)CCCN(C(=O)CCc2ccc(C)cc2C)C1. The molecule has 5 nitrogen and oxygen atoms in total. The third-order valence-electron chi connectivity index (χ3n) is 4.91. The predicted molar refractivity (Wildman–Crippen MR) is 92.0 cm³/mol. The van der Waals surface area contributed by atoms with E-state index in [-0.39, 0.29) is 19.1 Å². The molecule has 1 aliphatic rings. The molecule has 1 aliphatic heterocycles. The number of hydrogen-bond donors (Lipinski definition) is 1. The summed E-state index contributed by atoms with van der Waals surface area (Å²) < 4.78 is 5.11. The second-order valence-corrected chi connectivity index (χ2v) is 6.87. The highest BCUT2D eigenvalue weighted by molar-refractivity contribution is 5.80. The average Bonchev–Trinajstić information content (AvgIpc) is 2.54. The first-order valence-corrected chi connectivity index (χ1v) is 8.44. The molecule has 0 radical (unpaired) electrons. The second kappa shape index (κ2) is 7.79. The number of nitrogens with zero attached hydrogens (tertiary/aromatic N) is 1. The van der Waals surface area contributed by atoms with Crippen molar-refractivity contribution in [3.8, 4) is 0 Å². The molecule has 0 saturated carbocycles. The number of benzene rings is 1. The van der Waals surface area contributed by atoms with E-state index >= 15 is 0 Å². The molecule has 24 heavy (non-hydrogen) atoms. The average molecular weight is 333 g/mol. The molecule has 1 fully saturated rings. The summed E-state index contributed by atoms with van der Waals surface area (Å²) in [5.41, 5.74) is 2.61. The van der Waals surface area contributed by atoms with E-state index in [2.05, 4.69) is 32.0 Å². The van der Waals surface area contributed by atoms with Gasteiger partial charge in [0, 0.05) is 26.6 Å². The van der Waals surface area contributed by atoms with Crippen LogP contribution in [0.3, 0.4) is 0 Å². The monoisotopic (exact) mass is 333 g/mol. The fraction of sp³-hybridized carbons (Fsp3) is 0.579. The van der Waals surface area contributed by atoms with Gasteiger partial charge in [0.15, 0.2) is 0 Å². The Hall–Kier alpha value is -1.88. The highest BCUT2D eigenvalue weighted by Crippen LogP contribution is 2.31. The van der Waals surface area contributed by atoms with Crippen molar-refractivity contribution < 1.29 is 19.4 Å². The summed E-state index contributed by atoms with van der Waals surface area (Å²) in [7, 11) is 1.51. The van der Waals surface area contributed by atoms with Crippen LogP contribution < -0.4 is 0 Å². The summed E-state index contributed by atoms with van der Waals surface area (Å²) in [6, 6.07) is 6.25. The number of rotatable bonds is 6. The minimum absolute atomic E-state index is 0.0244. The molecule has 1 saturated heterocycles. The van der Waals surface area contributed by atoms with Gasteiger partial charge in [0.1, 0.15) is 5.41 Å². The van der Waals surface area contributed by atoms with Crippen LogP contribution in [-0.4, -0.2) is 48.7 Å². The number of carboxylic acids is 1. The molecule has 2 rings (SSSR count). The summed E-state index contributed by atoms with van der Waals surface area (Å²) in [5.74, 6) is -0.854. The van der Waals surface area contributed by atoms with Crippen molar-refractivity contribution in [1.82, 2.24) is 4.90 Å². The van der Waals surface area contributed by atoms with Gasteiger partial charge in [0.2, 0.25) is 5.91 Å². The molecule has 1 atom stereocenters. The number of methoxy groups -OCH3 is 1. The Kier molecular flexibility index (Phi) is 5.99. The second-order valence-electron chi connectivity index (χ2n) is 6.87. The number of amides is 1. The number of ether oxygens (including phenoxy) is 1. The van der Waals surface area contributed by atoms with Crippen molar-refractivity contribution in [2.24, 2.45) is 5.41 Å². The van der Waals surface area contributed by atoms with Gasteiger partial charge in [0.25, 0.3) is 0 Å². The molecule has 132 valence electrons. The van der Waals surface area contributed by atoms with Gasteiger partial charge in [0.05, 0.1) is 6.61 Å². The van der Waals surface area contributed by atoms with E-state index in [1.54, 1.807) is 4.90 Å². The van der Waals surface area contributed by atoms with Crippen molar-refractivity contribution in [2.75, 3.05) is 26.8 Å². The first-order chi connectivity index (χ1) is 11.4. The van der Waals surface area contributed by atoms with E-state index in [1.165, 1.54) is 23.8 Å². The van der Waals surface area contributed by atoms with Gasteiger partial charge in [-0.25, -0.2) is 0 Å². The Balaban J connectivity index is 2.00. The molecular formula is C19H27NO4. The van der Waals surface area contributed by atoms with Crippen LogP contribution in [-0.2, 0) is 20.7 Å². The highest BCUT2D eigenvalue weighted by atomic mass is 16.5. The molecule has 1 aromatic rings. The molecule has 5 heteroatoms. The first-order valence-electron chi connectivity index (χ1n) is 8.44. The quantitative estimate of drug-likeness (QED) is 0.869. The largest absolute Gasteiger partial charge is 0.481 e. The van der Waals surface area contributed by atoms with Crippen LogP contribution in [0.1, 0.15) is 36.0 Å². The zero-order chi connectivity index (χ0) is 17.7. The molecule has 0 spiro atoms. The zero-order valence-corrected chi connectivity index (χ0v) is 14.8. The van der Waals surface area contributed by atoms with E-state index in [9.17, 15) is 14.7 Å². The Labute approximate surface area is 143 Å². The standard InChI is InChI=1S/C19H27NO4/c1-14-5-6-16(15(2)11-14)7-8-17(21)20-10-4-9-19(12-20,13-24-3)18(22)23/h5-6,11H,4,7-10,12-13H2,1-3H3,(H,22,23). The summed E-state index contributed by atoms with van der Waals surface area (Å²) >= 11 is 0. The van der Waals surface area contributed by atoms with Gasteiger partial charge in [-0.1, -0.05) is 23.8 Å². The van der Waals surface area contributed by atoms with Gasteiger partial charge in [-0.05, 0) is 44.2 Å². The fourth-order valence-corrected chi connectivity index (χ4v) is 3.50. The maximum Gasteiger partial charge on any atom is 0.313 e. The van der Waals surface area contributed by atoms with Gasteiger partial charge in [-0.15, -0.1) is 0 Å². The van der Waals surface area contributed by atoms with Gasteiger partial charge in [-0.2, -0.15) is 0 Å². The lowest BCUT2D eigenvalue weighted by Crippen LogP contribution is -2.52. The van der Waals surface area contributed by atoms with Gasteiger partial charge >= 0.3 is 5.97 Å². The Bertz CT molecular complexity index is 609.